The van der Waals surface area contributed by atoms with E-state index in [-0.39, 0.29) is 24.7 Å². The maximum Gasteiger partial charge on any atom is 0.495 e. The van der Waals surface area contributed by atoms with E-state index in [1.165, 1.54) is 0 Å². The lowest BCUT2D eigenvalue weighted by Gasteiger charge is -2.19. The Kier molecular flexibility index (Phi) is 7.74. The molecule has 1 amide bonds. The van der Waals surface area contributed by atoms with Crippen molar-refractivity contribution in [2.75, 3.05) is 13.2 Å². The lowest BCUT2D eigenvalue weighted by atomic mass is 9.79. The van der Waals surface area contributed by atoms with Crippen molar-refractivity contribution in [3.63, 3.8) is 0 Å². The Labute approximate surface area is 150 Å². The maximum atomic E-state index is 12.1. The Bertz CT molecular complexity index is 568. The van der Waals surface area contributed by atoms with Crippen LogP contribution in [0, 0.1) is 0 Å². The van der Waals surface area contributed by atoms with E-state index in [1.54, 1.807) is 6.07 Å². The van der Waals surface area contributed by atoms with Gasteiger partial charge in [0, 0.05) is 18.1 Å². The summed E-state index contributed by atoms with van der Waals surface area (Å²) in [5, 5.41) is 12.8. The van der Waals surface area contributed by atoms with Gasteiger partial charge >= 0.3 is 7.12 Å². The van der Waals surface area contributed by atoms with Gasteiger partial charge in [0.15, 0.2) is 6.61 Å². The van der Waals surface area contributed by atoms with Crippen molar-refractivity contribution in [3.05, 3.63) is 23.8 Å². The van der Waals surface area contributed by atoms with Gasteiger partial charge in [-0.05, 0) is 38.3 Å². The molecule has 1 heterocycles. The SMILES string of the molecule is CCCCOC(C)CC(C)NC(=O)COc1cccc2c1B(O)OC2. The van der Waals surface area contributed by atoms with Crippen LogP contribution in [-0.2, 0) is 20.8 Å². The zero-order valence-electron chi connectivity index (χ0n) is 15.3. The summed E-state index contributed by atoms with van der Waals surface area (Å²) in [5.74, 6) is 0.292. The molecule has 7 heteroatoms. The molecule has 0 radical (unpaired) electrons. The quantitative estimate of drug-likeness (QED) is 0.493. The number of carbonyl (C=O) groups excluding carboxylic acids is 1. The predicted molar refractivity (Wildman–Crippen MR) is 96.9 cm³/mol. The largest absolute Gasteiger partial charge is 0.495 e. The minimum Gasteiger partial charge on any atom is -0.484 e. The normalized spacial score (nSPS) is 15.6. The fraction of sp³-hybridized carbons (Fsp3) is 0.611. The van der Waals surface area contributed by atoms with Crippen molar-refractivity contribution >= 4 is 18.5 Å². The number of carbonyl (C=O) groups is 1. The second-order valence-corrected chi connectivity index (χ2v) is 6.52. The van der Waals surface area contributed by atoms with Crippen LogP contribution in [-0.4, -0.2) is 43.4 Å². The first-order chi connectivity index (χ1) is 12.0. The average molecular weight is 349 g/mol. The molecular formula is C18H28BNO5. The highest BCUT2D eigenvalue weighted by molar-refractivity contribution is 6.62. The molecule has 1 aromatic rings. The van der Waals surface area contributed by atoms with Gasteiger partial charge in [-0.15, -0.1) is 0 Å². The van der Waals surface area contributed by atoms with Crippen molar-refractivity contribution in [1.82, 2.24) is 5.32 Å². The molecule has 6 nitrogen and oxygen atoms in total. The van der Waals surface area contributed by atoms with Gasteiger partial charge in [-0.25, -0.2) is 0 Å². The summed E-state index contributed by atoms with van der Waals surface area (Å²) in [4.78, 5) is 12.1. The molecule has 2 N–H and O–H groups in total. The standard InChI is InChI=1S/C18H28BNO5/c1-4-5-9-23-14(3)10-13(2)20-17(21)12-24-16-8-6-7-15-11-25-19(22)18(15)16/h6-8,13-14,22H,4-5,9-12H2,1-3H3,(H,20,21). The molecule has 0 spiro atoms. The van der Waals surface area contributed by atoms with Crippen LogP contribution < -0.4 is 15.5 Å². The Balaban J connectivity index is 1.75. The molecule has 2 atom stereocenters. The number of nitrogens with one attached hydrogen (secondary N) is 1. The van der Waals surface area contributed by atoms with Gasteiger partial charge in [-0.2, -0.15) is 0 Å². The van der Waals surface area contributed by atoms with Crippen molar-refractivity contribution in [2.45, 2.75) is 58.8 Å². The first-order valence-corrected chi connectivity index (χ1v) is 8.96. The van der Waals surface area contributed by atoms with Crippen molar-refractivity contribution in [1.29, 1.82) is 0 Å². The summed E-state index contributed by atoms with van der Waals surface area (Å²) >= 11 is 0. The third-order valence-corrected chi connectivity index (χ3v) is 4.15. The fourth-order valence-electron chi connectivity index (χ4n) is 2.89. The molecule has 1 aromatic carbocycles. The van der Waals surface area contributed by atoms with Gasteiger partial charge in [0.2, 0.25) is 0 Å². The van der Waals surface area contributed by atoms with Crippen LogP contribution in [0.5, 0.6) is 5.75 Å². The molecule has 0 fully saturated rings. The Morgan fingerprint density at radius 2 is 2.24 bits per heavy atom. The molecular weight excluding hydrogens is 321 g/mol. The molecule has 0 saturated carbocycles. The third kappa shape index (κ3) is 6.02. The van der Waals surface area contributed by atoms with E-state index in [0.717, 1.165) is 31.4 Å². The predicted octanol–water partition coefficient (Wildman–Crippen LogP) is 1.38. The van der Waals surface area contributed by atoms with Crippen LogP contribution in [0.15, 0.2) is 18.2 Å². The summed E-state index contributed by atoms with van der Waals surface area (Å²) in [6, 6.07) is 5.44. The number of unbranched alkanes of at least 4 members (excludes halogenated alkanes) is 1. The monoisotopic (exact) mass is 349 g/mol. The molecule has 138 valence electrons. The summed E-state index contributed by atoms with van der Waals surface area (Å²) in [7, 11) is -0.991. The summed E-state index contributed by atoms with van der Waals surface area (Å²) in [6.45, 7) is 7.11. The fourth-order valence-corrected chi connectivity index (χ4v) is 2.89. The summed E-state index contributed by atoms with van der Waals surface area (Å²) < 4.78 is 16.5. The number of benzene rings is 1. The van der Waals surface area contributed by atoms with E-state index in [2.05, 4.69) is 12.2 Å². The lowest BCUT2D eigenvalue weighted by Crippen LogP contribution is -2.39. The highest BCUT2D eigenvalue weighted by atomic mass is 16.5. The molecule has 2 unspecified atom stereocenters. The van der Waals surface area contributed by atoms with E-state index < -0.39 is 7.12 Å². The molecule has 0 bridgehead atoms. The van der Waals surface area contributed by atoms with Gasteiger partial charge in [-0.3, -0.25) is 4.79 Å². The highest BCUT2D eigenvalue weighted by Crippen LogP contribution is 2.18. The second-order valence-electron chi connectivity index (χ2n) is 6.52. The molecule has 25 heavy (non-hydrogen) atoms. The van der Waals surface area contributed by atoms with Crippen LogP contribution in [0.25, 0.3) is 0 Å². The van der Waals surface area contributed by atoms with Gasteiger partial charge < -0.3 is 24.5 Å². The van der Waals surface area contributed by atoms with Crippen LogP contribution >= 0.6 is 0 Å². The van der Waals surface area contributed by atoms with E-state index >= 15 is 0 Å². The van der Waals surface area contributed by atoms with E-state index in [1.807, 2.05) is 26.0 Å². The number of hydrogen-bond acceptors (Lipinski definition) is 5. The minimum atomic E-state index is -0.991. The van der Waals surface area contributed by atoms with Crippen LogP contribution in [0.2, 0.25) is 0 Å². The molecule has 1 aliphatic rings. The van der Waals surface area contributed by atoms with Gasteiger partial charge in [0.25, 0.3) is 5.91 Å². The Morgan fingerprint density at radius 1 is 1.44 bits per heavy atom. The van der Waals surface area contributed by atoms with Gasteiger partial charge in [0.05, 0.1) is 12.7 Å². The van der Waals surface area contributed by atoms with Crippen molar-refractivity contribution < 1.29 is 23.9 Å². The molecule has 0 saturated heterocycles. The van der Waals surface area contributed by atoms with Crippen molar-refractivity contribution in [2.24, 2.45) is 0 Å². The Hall–Kier alpha value is -1.57. The zero-order chi connectivity index (χ0) is 18.2. The molecule has 0 aromatic heterocycles. The van der Waals surface area contributed by atoms with Crippen molar-refractivity contribution in [3.8, 4) is 5.75 Å². The highest BCUT2D eigenvalue weighted by Gasteiger charge is 2.31. The van der Waals surface area contributed by atoms with E-state index in [9.17, 15) is 9.82 Å². The first kappa shape index (κ1) is 19.8. The number of amides is 1. The zero-order valence-corrected chi connectivity index (χ0v) is 15.3. The number of hydrogen-bond donors (Lipinski definition) is 2. The maximum absolute atomic E-state index is 12.1. The molecule has 2 rings (SSSR count). The first-order valence-electron chi connectivity index (χ1n) is 8.96. The summed E-state index contributed by atoms with van der Waals surface area (Å²) in [6.07, 6.45) is 3.02. The third-order valence-electron chi connectivity index (χ3n) is 4.15. The average Bonchev–Trinajstić information content (AvgIpc) is 2.95. The minimum absolute atomic E-state index is 0.00291. The smallest absolute Gasteiger partial charge is 0.484 e. The van der Waals surface area contributed by atoms with Gasteiger partial charge in [-0.1, -0.05) is 25.5 Å². The van der Waals surface area contributed by atoms with Crippen LogP contribution in [0.3, 0.4) is 0 Å². The van der Waals surface area contributed by atoms with E-state index in [4.69, 9.17) is 14.1 Å². The van der Waals surface area contributed by atoms with Gasteiger partial charge in [0.1, 0.15) is 5.75 Å². The van der Waals surface area contributed by atoms with Crippen LogP contribution in [0.1, 0.15) is 45.6 Å². The number of rotatable bonds is 10. The topological polar surface area (TPSA) is 77.0 Å². The lowest BCUT2D eigenvalue weighted by molar-refractivity contribution is -0.123. The second kappa shape index (κ2) is 9.80. The Morgan fingerprint density at radius 3 is 3.00 bits per heavy atom. The number of fused-ring (bicyclic) bond motifs is 1. The summed E-state index contributed by atoms with van der Waals surface area (Å²) in [5.41, 5.74) is 1.50. The van der Waals surface area contributed by atoms with E-state index in [0.29, 0.717) is 17.8 Å². The number of ether oxygens (including phenoxy) is 2. The molecule has 0 aliphatic carbocycles. The van der Waals surface area contributed by atoms with Crippen LogP contribution in [0.4, 0.5) is 0 Å². The molecule has 1 aliphatic heterocycles.